The van der Waals surface area contributed by atoms with Gasteiger partial charge in [0.05, 0.1) is 24.2 Å². The van der Waals surface area contributed by atoms with E-state index in [-0.39, 0.29) is 6.42 Å². The Bertz CT molecular complexity index is 1140. The van der Waals surface area contributed by atoms with E-state index in [1.165, 1.54) is 5.56 Å². The maximum Gasteiger partial charge on any atom is 0.149 e. The van der Waals surface area contributed by atoms with Crippen molar-refractivity contribution >= 4 is 18.4 Å². The lowest BCUT2D eigenvalue weighted by Gasteiger charge is -2.38. The summed E-state index contributed by atoms with van der Waals surface area (Å²) < 4.78 is 0. The largest absolute Gasteiger partial charge is 0.390 e. The Labute approximate surface area is 232 Å². The van der Waals surface area contributed by atoms with Crippen molar-refractivity contribution in [1.29, 1.82) is 10.5 Å². The van der Waals surface area contributed by atoms with Crippen molar-refractivity contribution in [3.05, 3.63) is 52.6 Å². The maximum atomic E-state index is 10.5. The van der Waals surface area contributed by atoms with Gasteiger partial charge < -0.3 is 29.9 Å². The highest BCUT2D eigenvalue weighted by molar-refractivity contribution is 5.68. The Balaban J connectivity index is 0.00000205. The molecule has 1 saturated heterocycles. The van der Waals surface area contributed by atoms with E-state index < -0.39 is 6.10 Å². The molecule has 1 fully saturated rings. The molecule has 10 heteroatoms. The number of fused-ring (bicyclic) bond motifs is 1. The molecule has 1 atom stereocenters. The number of aliphatic hydroxyl groups excluding tert-OH is 1. The fourth-order valence-electron chi connectivity index (χ4n) is 5.21. The van der Waals surface area contributed by atoms with Crippen molar-refractivity contribution in [1.82, 2.24) is 20.1 Å². The van der Waals surface area contributed by atoms with Crippen LogP contribution in [-0.2, 0) is 24.3 Å². The second kappa shape index (κ2) is 15.2. The number of pyridine rings is 1. The molecule has 0 aliphatic carbocycles. The van der Waals surface area contributed by atoms with Gasteiger partial charge >= 0.3 is 0 Å². The molecule has 0 radical (unpaired) electrons. The van der Waals surface area contributed by atoms with Crippen LogP contribution < -0.4 is 15.1 Å². The number of anilines is 2. The normalized spacial score (nSPS) is 16.3. The molecule has 10 nitrogen and oxygen atoms in total. The van der Waals surface area contributed by atoms with Gasteiger partial charge in [0.2, 0.25) is 0 Å². The van der Waals surface area contributed by atoms with Gasteiger partial charge in [-0.05, 0) is 31.6 Å². The van der Waals surface area contributed by atoms with E-state index in [0.29, 0.717) is 25.2 Å². The standard InChI is InChI=1S/C28H38N8O.CH2O/c1-31-11-13-36(20-23(37)8-10-29)27-24-9-12-34(19-22-6-4-3-5-7-22)21-26(24)25(18-30)28(32-27)35-16-14-33(2)15-17-35;1-2/h3-7,23,31,37H,8-9,11-17,19-21H2,1-2H3;1H2. The number of nitriles is 2. The number of likely N-dealkylation sites (N-methyl/N-ethyl adjacent to an activating group) is 2. The lowest BCUT2D eigenvalue weighted by atomic mass is 9.94. The molecule has 2 aromatic rings. The first-order valence-corrected chi connectivity index (χ1v) is 13.4. The van der Waals surface area contributed by atoms with Crippen LogP contribution >= 0.6 is 0 Å². The zero-order valence-corrected chi connectivity index (χ0v) is 23.1. The molecule has 2 aliphatic heterocycles. The number of carbonyl (C=O) groups is 1. The third-order valence-corrected chi connectivity index (χ3v) is 7.28. The Morgan fingerprint density at radius 1 is 1.13 bits per heavy atom. The number of nitrogens with zero attached hydrogens (tertiary/aromatic N) is 7. The van der Waals surface area contributed by atoms with Crippen LogP contribution in [0.3, 0.4) is 0 Å². The Morgan fingerprint density at radius 2 is 1.85 bits per heavy atom. The summed E-state index contributed by atoms with van der Waals surface area (Å²) in [6, 6.07) is 15.0. The van der Waals surface area contributed by atoms with Gasteiger partial charge in [-0.15, -0.1) is 0 Å². The van der Waals surface area contributed by atoms with E-state index in [4.69, 9.17) is 15.0 Å². The first kappa shape index (κ1) is 30.0. The minimum atomic E-state index is -0.764. The topological polar surface area (TPSA) is 123 Å². The maximum absolute atomic E-state index is 10.5. The summed E-state index contributed by atoms with van der Waals surface area (Å²) >= 11 is 0. The molecular weight excluding hydrogens is 492 g/mol. The predicted molar refractivity (Wildman–Crippen MR) is 152 cm³/mol. The summed E-state index contributed by atoms with van der Waals surface area (Å²) in [5.74, 6) is 1.59. The van der Waals surface area contributed by atoms with Gasteiger partial charge in [-0.1, -0.05) is 30.3 Å². The molecule has 3 heterocycles. The highest BCUT2D eigenvalue weighted by atomic mass is 16.3. The number of benzene rings is 1. The van der Waals surface area contributed by atoms with E-state index >= 15 is 0 Å². The van der Waals surface area contributed by atoms with Gasteiger partial charge in [0.1, 0.15) is 24.5 Å². The fraction of sp³-hybridized carbons (Fsp3) is 0.517. The molecule has 4 rings (SSSR count). The van der Waals surface area contributed by atoms with Gasteiger partial charge in [0, 0.05) is 71.0 Å². The molecule has 1 aromatic heterocycles. The number of piperazine rings is 1. The van der Waals surface area contributed by atoms with Crippen LogP contribution in [0.5, 0.6) is 0 Å². The molecule has 2 aliphatic rings. The first-order chi connectivity index (χ1) is 19.0. The Hall–Kier alpha value is -3.54. The minimum absolute atomic E-state index is 0.0741. The van der Waals surface area contributed by atoms with Crippen LogP contribution in [0.1, 0.15) is 28.7 Å². The van der Waals surface area contributed by atoms with Gasteiger partial charge in [0.15, 0.2) is 0 Å². The fourth-order valence-corrected chi connectivity index (χ4v) is 5.21. The van der Waals surface area contributed by atoms with Crippen molar-refractivity contribution in [2.45, 2.75) is 32.0 Å². The summed E-state index contributed by atoms with van der Waals surface area (Å²) in [6.07, 6.45) is 0.0947. The molecule has 39 heavy (non-hydrogen) atoms. The number of aromatic nitrogens is 1. The van der Waals surface area contributed by atoms with E-state index in [2.05, 4.69) is 68.4 Å². The van der Waals surface area contributed by atoms with Gasteiger partial charge in [-0.2, -0.15) is 10.5 Å². The summed E-state index contributed by atoms with van der Waals surface area (Å²) in [6.45, 7) is 9.57. The van der Waals surface area contributed by atoms with Crippen molar-refractivity contribution in [3.63, 3.8) is 0 Å². The zero-order chi connectivity index (χ0) is 28.2. The third kappa shape index (κ3) is 7.75. The Morgan fingerprint density at radius 3 is 2.49 bits per heavy atom. The highest BCUT2D eigenvalue weighted by Crippen LogP contribution is 2.36. The van der Waals surface area contributed by atoms with Crippen LogP contribution in [0.15, 0.2) is 30.3 Å². The minimum Gasteiger partial charge on any atom is -0.390 e. The number of hydrogen-bond donors (Lipinski definition) is 2. The number of carbonyl (C=O) groups excluding carboxylic acids is 1. The zero-order valence-electron chi connectivity index (χ0n) is 23.1. The van der Waals surface area contributed by atoms with E-state index in [1.54, 1.807) is 0 Å². The number of hydrogen-bond acceptors (Lipinski definition) is 10. The summed E-state index contributed by atoms with van der Waals surface area (Å²) in [5, 5.41) is 33.3. The number of aliphatic hydroxyl groups is 1. The summed E-state index contributed by atoms with van der Waals surface area (Å²) in [5.41, 5.74) is 4.08. The van der Waals surface area contributed by atoms with Crippen molar-refractivity contribution in [2.75, 3.05) is 76.3 Å². The van der Waals surface area contributed by atoms with E-state index in [9.17, 15) is 10.4 Å². The smallest absolute Gasteiger partial charge is 0.149 e. The van der Waals surface area contributed by atoms with Gasteiger partial charge in [-0.3, -0.25) is 4.90 Å². The van der Waals surface area contributed by atoms with Crippen LogP contribution in [0.4, 0.5) is 11.6 Å². The molecular formula is C29H40N8O2. The van der Waals surface area contributed by atoms with Crippen LogP contribution in [-0.4, -0.2) is 99.2 Å². The second-order valence-electron chi connectivity index (χ2n) is 10.0. The third-order valence-electron chi connectivity index (χ3n) is 7.28. The molecule has 1 unspecified atom stereocenters. The SMILES string of the molecule is C=O.CNCCN(CC(O)CC#N)c1nc(N2CCN(C)CC2)c(C#N)c2c1CCN(Cc1ccccc1)C2. The molecule has 2 N–H and O–H groups in total. The van der Waals surface area contributed by atoms with Crippen LogP contribution in [0, 0.1) is 22.7 Å². The van der Waals surface area contributed by atoms with Crippen molar-refractivity contribution in [3.8, 4) is 12.1 Å². The predicted octanol–water partition coefficient (Wildman–Crippen LogP) is 1.38. The molecule has 1 aromatic carbocycles. The second-order valence-corrected chi connectivity index (χ2v) is 10.0. The van der Waals surface area contributed by atoms with E-state index in [1.807, 2.05) is 19.9 Å². The molecule has 208 valence electrons. The van der Waals surface area contributed by atoms with Gasteiger partial charge in [0.25, 0.3) is 0 Å². The molecule has 0 bridgehead atoms. The highest BCUT2D eigenvalue weighted by Gasteiger charge is 2.31. The quantitative estimate of drug-likeness (QED) is 0.464. The number of rotatable bonds is 10. The summed E-state index contributed by atoms with van der Waals surface area (Å²) in [7, 11) is 4.02. The van der Waals surface area contributed by atoms with Gasteiger partial charge in [-0.25, -0.2) is 4.98 Å². The van der Waals surface area contributed by atoms with Crippen LogP contribution in [0.2, 0.25) is 0 Å². The Kier molecular flexibility index (Phi) is 11.7. The average Bonchev–Trinajstić information content (AvgIpc) is 2.96. The molecule has 0 amide bonds. The lowest BCUT2D eigenvalue weighted by Crippen LogP contribution is -2.46. The lowest BCUT2D eigenvalue weighted by molar-refractivity contribution is -0.0980. The monoisotopic (exact) mass is 532 g/mol. The van der Waals surface area contributed by atoms with Crippen LogP contribution in [0.25, 0.3) is 0 Å². The van der Waals surface area contributed by atoms with E-state index in [0.717, 1.165) is 75.0 Å². The average molecular weight is 533 g/mol. The van der Waals surface area contributed by atoms with Crippen molar-refractivity contribution in [2.24, 2.45) is 0 Å². The van der Waals surface area contributed by atoms with Crippen molar-refractivity contribution < 1.29 is 9.90 Å². The first-order valence-electron chi connectivity index (χ1n) is 13.4. The molecule has 0 spiro atoms. The number of nitrogens with one attached hydrogen (secondary N) is 1. The molecule has 0 saturated carbocycles. The summed E-state index contributed by atoms with van der Waals surface area (Å²) in [4.78, 5) is 22.2.